The predicted octanol–water partition coefficient (Wildman–Crippen LogP) is 1.75. The molecule has 0 spiro atoms. The van der Waals surface area contributed by atoms with Gasteiger partial charge in [-0.15, -0.1) is 22.7 Å². The molecular formula is C12H17N3O2S3. The molecule has 0 fully saturated rings. The van der Waals surface area contributed by atoms with Crippen LogP contribution in [0.3, 0.4) is 0 Å². The van der Waals surface area contributed by atoms with Gasteiger partial charge in [0, 0.05) is 34.6 Å². The van der Waals surface area contributed by atoms with E-state index in [-0.39, 0.29) is 0 Å². The molecule has 0 saturated heterocycles. The van der Waals surface area contributed by atoms with Gasteiger partial charge in [-0.2, -0.15) is 0 Å². The Labute approximate surface area is 127 Å². The van der Waals surface area contributed by atoms with Gasteiger partial charge in [0.05, 0.1) is 16.1 Å². The third kappa shape index (κ3) is 3.86. The van der Waals surface area contributed by atoms with Crippen molar-refractivity contribution >= 4 is 32.7 Å². The van der Waals surface area contributed by atoms with Crippen molar-refractivity contribution in [2.75, 3.05) is 13.6 Å². The fraction of sp³-hybridized carbons (Fsp3) is 0.417. The Morgan fingerprint density at radius 2 is 2.20 bits per heavy atom. The van der Waals surface area contributed by atoms with Gasteiger partial charge in [0.15, 0.2) is 0 Å². The fourth-order valence-corrected chi connectivity index (χ4v) is 5.07. The first-order valence-corrected chi connectivity index (χ1v) is 9.38. The maximum atomic E-state index is 12.3. The normalized spacial score (nSPS) is 11.9. The molecule has 0 unspecified atom stereocenters. The summed E-state index contributed by atoms with van der Waals surface area (Å²) in [7, 11) is -1.59. The molecule has 0 amide bonds. The van der Waals surface area contributed by atoms with Crippen molar-refractivity contribution < 1.29 is 8.42 Å². The summed E-state index contributed by atoms with van der Waals surface area (Å²) in [6.07, 6.45) is 0.606. The highest BCUT2D eigenvalue weighted by Crippen LogP contribution is 2.25. The second-order valence-electron chi connectivity index (χ2n) is 4.29. The molecule has 0 aromatic carbocycles. The van der Waals surface area contributed by atoms with E-state index >= 15 is 0 Å². The molecule has 0 radical (unpaired) electrons. The van der Waals surface area contributed by atoms with Crippen molar-refractivity contribution in [1.29, 1.82) is 0 Å². The minimum Gasteiger partial charge on any atom is -0.315 e. The molecular weight excluding hydrogens is 314 g/mol. The minimum absolute atomic E-state index is 0.364. The van der Waals surface area contributed by atoms with Gasteiger partial charge >= 0.3 is 0 Å². The highest BCUT2D eigenvalue weighted by Gasteiger charge is 2.19. The second kappa shape index (κ2) is 6.77. The van der Waals surface area contributed by atoms with E-state index in [0.29, 0.717) is 24.4 Å². The number of rotatable bonds is 7. The number of thiazole rings is 1. The summed E-state index contributed by atoms with van der Waals surface area (Å²) in [5, 5.41) is 4.95. The molecule has 2 N–H and O–H groups in total. The van der Waals surface area contributed by atoms with Crippen molar-refractivity contribution in [1.82, 2.24) is 15.0 Å². The Kier molecular flexibility index (Phi) is 5.28. The monoisotopic (exact) mass is 331 g/mol. The number of nitrogens with one attached hydrogen (secondary N) is 2. The van der Waals surface area contributed by atoms with Gasteiger partial charge in [0.1, 0.15) is 0 Å². The molecule has 0 aliphatic carbocycles. The number of aryl methyl sites for hydroxylation is 1. The summed E-state index contributed by atoms with van der Waals surface area (Å²) in [5.41, 5.74) is 2.66. The lowest BCUT2D eigenvalue weighted by atomic mass is 10.3. The number of aromatic nitrogens is 1. The summed E-state index contributed by atoms with van der Waals surface area (Å²) < 4.78 is 27.1. The Hall–Kier alpha value is -0.800. The van der Waals surface area contributed by atoms with Crippen molar-refractivity contribution in [3.05, 3.63) is 32.4 Å². The maximum absolute atomic E-state index is 12.3. The topological polar surface area (TPSA) is 71.1 Å². The van der Waals surface area contributed by atoms with Crippen LogP contribution in [0, 0.1) is 6.92 Å². The molecule has 0 aliphatic rings. The number of hydrogen-bond acceptors (Lipinski definition) is 6. The first kappa shape index (κ1) is 15.6. The molecule has 2 aromatic rings. The van der Waals surface area contributed by atoms with Crippen LogP contribution in [0.5, 0.6) is 0 Å². The van der Waals surface area contributed by atoms with E-state index in [2.05, 4.69) is 15.0 Å². The summed E-state index contributed by atoms with van der Waals surface area (Å²) in [6.45, 7) is 2.88. The van der Waals surface area contributed by atoms with E-state index in [9.17, 15) is 8.42 Å². The van der Waals surface area contributed by atoms with E-state index < -0.39 is 10.0 Å². The highest BCUT2D eigenvalue weighted by atomic mass is 32.2. The van der Waals surface area contributed by atoms with Crippen LogP contribution < -0.4 is 10.0 Å². The third-order valence-electron chi connectivity index (χ3n) is 2.72. The van der Waals surface area contributed by atoms with E-state index in [1.54, 1.807) is 11.6 Å². The highest BCUT2D eigenvalue weighted by molar-refractivity contribution is 7.89. The van der Waals surface area contributed by atoms with Gasteiger partial charge in [0.25, 0.3) is 0 Å². The first-order valence-electron chi connectivity index (χ1n) is 6.13. The molecule has 8 heteroatoms. The Morgan fingerprint density at radius 3 is 2.85 bits per heavy atom. The van der Waals surface area contributed by atoms with Crippen LogP contribution in [0.1, 0.15) is 15.4 Å². The van der Waals surface area contributed by atoms with Crippen LogP contribution in [-0.2, 0) is 23.0 Å². The molecule has 0 saturated carbocycles. The molecule has 0 atom stereocenters. The van der Waals surface area contributed by atoms with Crippen molar-refractivity contribution in [2.45, 2.75) is 24.8 Å². The lowest BCUT2D eigenvalue weighted by Crippen LogP contribution is -2.26. The SMILES string of the molecule is CNCc1cc(S(=O)(=O)NCCc2cscn2)c(C)s1. The molecule has 5 nitrogen and oxygen atoms in total. The average Bonchev–Trinajstić information content (AvgIpc) is 2.99. The van der Waals surface area contributed by atoms with Crippen molar-refractivity contribution in [2.24, 2.45) is 0 Å². The molecule has 2 heterocycles. The van der Waals surface area contributed by atoms with Gasteiger partial charge in [-0.3, -0.25) is 0 Å². The molecule has 110 valence electrons. The van der Waals surface area contributed by atoms with E-state index in [1.807, 2.05) is 19.4 Å². The van der Waals surface area contributed by atoms with Gasteiger partial charge in [-0.25, -0.2) is 18.1 Å². The first-order chi connectivity index (χ1) is 9.53. The van der Waals surface area contributed by atoms with Crippen molar-refractivity contribution in [3.8, 4) is 0 Å². The number of sulfonamides is 1. The zero-order valence-electron chi connectivity index (χ0n) is 11.3. The Morgan fingerprint density at radius 1 is 1.40 bits per heavy atom. The zero-order valence-corrected chi connectivity index (χ0v) is 13.8. The van der Waals surface area contributed by atoms with Gasteiger partial charge in [-0.1, -0.05) is 0 Å². The molecule has 0 bridgehead atoms. The Balaban J connectivity index is 2.02. The van der Waals surface area contributed by atoms with Gasteiger partial charge in [-0.05, 0) is 20.0 Å². The summed E-state index contributed by atoms with van der Waals surface area (Å²) in [6, 6.07) is 1.74. The van der Waals surface area contributed by atoms with Gasteiger partial charge < -0.3 is 5.32 Å². The largest absolute Gasteiger partial charge is 0.315 e. The number of nitrogens with zero attached hydrogens (tertiary/aromatic N) is 1. The molecule has 20 heavy (non-hydrogen) atoms. The standard InChI is InChI=1S/C12H17N3O2S3/c1-9-12(5-11(19-9)6-13-2)20(16,17)15-4-3-10-7-18-8-14-10/h5,7-8,13,15H,3-4,6H2,1-2H3. The third-order valence-corrected chi connectivity index (χ3v) is 6.12. The minimum atomic E-state index is -3.43. The van der Waals surface area contributed by atoms with E-state index in [4.69, 9.17) is 0 Å². The summed E-state index contributed by atoms with van der Waals surface area (Å²) >= 11 is 3.02. The predicted molar refractivity (Wildman–Crippen MR) is 82.8 cm³/mol. The lowest BCUT2D eigenvalue weighted by molar-refractivity contribution is 0.581. The summed E-state index contributed by atoms with van der Waals surface area (Å²) in [5.74, 6) is 0. The summed E-state index contributed by atoms with van der Waals surface area (Å²) in [4.78, 5) is 6.35. The lowest BCUT2D eigenvalue weighted by Gasteiger charge is -2.05. The molecule has 2 aromatic heterocycles. The van der Waals surface area contributed by atoms with Crippen LogP contribution in [0.4, 0.5) is 0 Å². The molecule has 0 aliphatic heterocycles. The zero-order chi connectivity index (χ0) is 14.6. The van der Waals surface area contributed by atoms with E-state index in [1.165, 1.54) is 22.7 Å². The van der Waals surface area contributed by atoms with Crippen LogP contribution in [0.2, 0.25) is 0 Å². The maximum Gasteiger partial charge on any atom is 0.241 e. The van der Waals surface area contributed by atoms with Crippen molar-refractivity contribution in [3.63, 3.8) is 0 Å². The van der Waals surface area contributed by atoms with E-state index in [0.717, 1.165) is 15.4 Å². The Bertz CT molecular complexity index is 648. The second-order valence-corrected chi connectivity index (χ2v) is 8.09. The van der Waals surface area contributed by atoms with Crippen LogP contribution >= 0.6 is 22.7 Å². The number of hydrogen-bond donors (Lipinski definition) is 2. The smallest absolute Gasteiger partial charge is 0.241 e. The number of thiophene rings is 1. The van der Waals surface area contributed by atoms with Gasteiger partial charge in [0.2, 0.25) is 10.0 Å². The average molecular weight is 331 g/mol. The van der Waals surface area contributed by atoms with Crippen LogP contribution in [-0.4, -0.2) is 27.0 Å². The quantitative estimate of drug-likeness (QED) is 0.811. The van der Waals surface area contributed by atoms with Crippen LogP contribution in [0.25, 0.3) is 0 Å². The molecule has 2 rings (SSSR count). The van der Waals surface area contributed by atoms with Crippen LogP contribution in [0.15, 0.2) is 21.9 Å². The fourth-order valence-electron chi connectivity index (χ4n) is 1.80.